The highest BCUT2D eigenvalue weighted by Crippen LogP contribution is 2.36. The van der Waals surface area contributed by atoms with E-state index in [0.717, 1.165) is 18.5 Å². The summed E-state index contributed by atoms with van der Waals surface area (Å²) < 4.78 is 65.2. The summed E-state index contributed by atoms with van der Waals surface area (Å²) in [5.41, 5.74) is -1.44. The Morgan fingerprint density at radius 3 is 2.42 bits per heavy atom. The molecule has 0 fully saturated rings. The fourth-order valence-electron chi connectivity index (χ4n) is 2.17. The molecule has 0 bridgehead atoms. The second-order valence-electron chi connectivity index (χ2n) is 5.04. The standard InChI is InChI=1S/C14H14ClF3N4O3S/c1-3-21(4-2)13(23)22-8-10(15)12(20-22)26(24,25)11-9(14(16,17)18)6-5-7-19-11/h5-8H,3-4H2,1-2H3. The van der Waals surface area contributed by atoms with E-state index < -0.39 is 42.7 Å². The van der Waals surface area contributed by atoms with Gasteiger partial charge in [0.25, 0.3) is 0 Å². The van der Waals surface area contributed by atoms with E-state index in [-0.39, 0.29) is 0 Å². The summed E-state index contributed by atoms with van der Waals surface area (Å²) in [4.78, 5) is 16.9. The first-order valence-corrected chi connectivity index (χ1v) is 9.21. The Morgan fingerprint density at radius 1 is 1.27 bits per heavy atom. The molecule has 0 radical (unpaired) electrons. The quantitative estimate of drug-likeness (QED) is 0.773. The van der Waals surface area contributed by atoms with E-state index in [2.05, 4.69) is 10.1 Å². The maximum Gasteiger partial charge on any atom is 0.419 e. The third kappa shape index (κ3) is 3.68. The van der Waals surface area contributed by atoms with E-state index in [4.69, 9.17) is 11.6 Å². The molecule has 0 saturated heterocycles. The zero-order chi connectivity index (χ0) is 19.7. The molecule has 0 N–H and O–H groups in total. The lowest BCUT2D eigenvalue weighted by Crippen LogP contribution is -2.34. The highest BCUT2D eigenvalue weighted by Gasteiger charge is 2.40. The zero-order valence-corrected chi connectivity index (χ0v) is 15.2. The van der Waals surface area contributed by atoms with Crippen LogP contribution in [-0.2, 0) is 16.0 Å². The fraction of sp³-hybridized carbons (Fsp3) is 0.357. The maximum absolute atomic E-state index is 13.1. The molecule has 1 amide bonds. The van der Waals surface area contributed by atoms with E-state index in [1.807, 2.05) is 0 Å². The number of amides is 1. The highest BCUT2D eigenvalue weighted by atomic mass is 35.5. The largest absolute Gasteiger partial charge is 0.419 e. The predicted molar refractivity (Wildman–Crippen MR) is 85.6 cm³/mol. The number of nitrogens with zero attached hydrogens (tertiary/aromatic N) is 4. The lowest BCUT2D eigenvalue weighted by Gasteiger charge is -2.17. The lowest BCUT2D eigenvalue weighted by molar-refractivity contribution is -0.140. The molecule has 2 rings (SSSR count). The normalized spacial score (nSPS) is 12.2. The van der Waals surface area contributed by atoms with Crippen molar-refractivity contribution in [2.45, 2.75) is 30.1 Å². The molecule has 0 aliphatic carbocycles. The predicted octanol–water partition coefficient (Wildman–Crippen LogP) is 3.09. The summed E-state index contributed by atoms with van der Waals surface area (Å²) >= 11 is 5.84. The summed E-state index contributed by atoms with van der Waals surface area (Å²) in [7, 11) is -4.80. The van der Waals surface area contributed by atoms with Crippen LogP contribution in [0, 0.1) is 0 Å². The third-order valence-electron chi connectivity index (χ3n) is 3.45. The fourth-order valence-corrected chi connectivity index (χ4v) is 3.96. The van der Waals surface area contributed by atoms with Crippen molar-refractivity contribution in [2.24, 2.45) is 0 Å². The maximum atomic E-state index is 13.1. The number of hydrogen-bond donors (Lipinski definition) is 0. The van der Waals surface area contributed by atoms with Gasteiger partial charge in [0.15, 0.2) is 5.03 Å². The van der Waals surface area contributed by atoms with Crippen LogP contribution in [0.3, 0.4) is 0 Å². The minimum absolute atomic E-state index is 0.327. The molecule has 0 aliphatic rings. The van der Waals surface area contributed by atoms with E-state index in [1.165, 1.54) is 4.90 Å². The van der Waals surface area contributed by atoms with Gasteiger partial charge >= 0.3 is 12.2 Å². The van der Waals surface area contributed by atoms with Crippen molar-refractivity contribution in [2.75, 3.05) is 13.1 Å². The first kappa shape index (κ1) is 20.2. The van der Waals surface area contributed by atoms with Crippen molar-refractivity contribution in [1.29, 1.82) is 0 Å². The van der Waals surface area contributed by atoms with E-state index in [1.54, 1.807) is 13.8 Å². The highest BCUT2D eigenvalue weighted by molar-refractivity contribution is 7.91. The van der Waals surface area contributed by atoms with Gasteiger partial charge in [-0.05, 0) is 26.0 Å². The molecule has 2 heterocycles. The molecule has 0 atom stereocenters. The minimum atomic E-state index is -4.94. The Hall–Kier alpha value is -2.14. The Morgan fingerprint density at radius 2 is 1.88 bits per heavy atom. The monoisotopic (exact) mass is 410 g/mol. The van der Waals surface area contributed by atoms with Gasteiger partial charge < -0.3 is 4.90 Å². The molecule has 0 spiro atoms. The Kier molecular flexibility index (Phi) is 5.61. The van der Waals surface area contributed by atoms with Crippen molar-refractivity contribution in [3.63, 3.8) is 0 Å². The smallest absolute Gasteiger partial charge is 0.323 e. The topological polar surface area (TPSA) is 85.2 Å². The summed E-state index contributed by atoms with van der Waals surface area (Å²) in [6.07, 6.45) is -3.10. The van der Waals surface area contributed by atoms with Gasteiger partial charge in [-0.3, -0.25) is 0 Å². The number of rotatable bonds is 4. The van der Waals surface area contributed by atoms with Crippen LogP contribution in [-0.4, -0.2) is 47.2 Å². The number of alkyl halides is 3. The molecular formula is C14H14ClF3N4O3S. The average Bonchev–Trinajstić information content (AvgIpc) is 2.97. The molecule has 0 unspecified atom stereocenters. The number of pyridine rings is 1. The number of hydrogen-bond acceptors (Lipinski definition) is 5. The molecule has 0 saturated carbocycles. The molecule has 7 nitrogen and oxygen atoms in total. The summed E-state index contributed by atoms with van der Waals surface area (Å²) in [5, 5.41) is 1.02. The van der Waals surface area contributed by atoms with Crippen LogP contribution in [0.25, 0.3) is 0 Å². The summed E-state index contributed by atoms with van der Waals surface area (Å²) in [6, 6.07) is 0.896. The van der Waals surface area contributed by atoms with Crippen LogP contribution >= 0.6 is 11.6 Å². The van der Waals surface area contributed by atoms with E-state index in [0.29, 0.717) is 23.8 Å². The lowest BCUT2D eigenvalue weighted by atomic mass is 10.3. The van der Waals surface area contributed by atoms with Crippen LogP contribution in [0.15, 0.2) is 34.6 Å². The first-order valence-electron chi connectivity index (χ1n) is 7.35. The molecule has 2 aromatic heterocycles. The van der Waals surface area contributed by atoms with Gasteiger partial charge in [-0.2, -0.15) is 17.9 Å². The van der Waals surface area contributed by atoms with Gasteiger partial charge in [0.05, 0.1) is 16.8 Å². The molecule has 26 heavy (non-hydrogen) atoms. The molecule has 2 aromatic rings. The zero-order valence-electron chi connectivity index (χ0n) is 13.7. The van der Waals surface area contributed by atoms with Gasteiger partial charge in [-0.15, -0.1) is 5.10 Å². The third-order valence-corrected chi connectivity index (χ3v) is 5.49. The van der Waals surface area contributed by atoms with Crippen molar-refractivity contribution in [1.82, 2.24) is 19.7 Å². The number of aromatic nitrogens is 3. The van der Waals surface area contributed by atoms with Gasteiger partial charge in [0, 0.05) is 19.3 Å². The average molecular weight is 411 g/mol. The van der Waals surface area contributed by atoms with Crippen LogP contribution in [0.1, 0.15) is 19.4 Å². The second kappa shape index (κ2) is 7.23. The molecule has 0 aromatic carbocycles. The van der Waals surface area contributed by atoms with Crippen molar-refractivity contribution >= 4 is 27.5 Å². The van der Waals surface area contributed by atoms with Crippen LogP contribution in [0.4, 0.5) is 18.0 Å². The molecule has 0 aliphatic heterocycles. The van der Waals surface area contributed by atoms with Gasteiger partial charge in [0.2, 0.25) is 14.9 Å². The van der Waals surface area contributed by atoms with E-state index in [9.17, 15) is 26.4 Å². The SMILES string of the molecule is CCN(CC)C(=O)n1cc(Cl)c(S(=O)(=O)c2ncccc2C(F)(F)F)n1. The van der Waals surface area contributed by atoms with E-state index >= 15 is 0 Å². The molecule has 142 valence electrons. The van der Waals surface area contributed by atoms with Gasteiger partial charge in [-0.1, -0.05) is 11.6 Å². The number of halogens is 4. The molecule has 12 heteroatoms. The molecular weight excluding hydrogens is 397 g/mol. The minimum Gasteiger partial charge on any atom is -0.323 e. The van der Waals surface area contributed by atoms with Gasteiger partial charge in [0.1, 0.15) is 0 Å². The number of sulfone groups is 1. The van der Waals surface area contributed by atoms with Crippen LogP contribution in [0.2, 0.25) is 5.02 Å². The number of carbonyl (C=O) groups is 1. The Balaban J connectivity index is 2.58. The number of carbonyl (C=O) groups excluding carboxylic acids is 1. The van der Waals surface area contributed by atoms with Crippen LogP contribution < -0.4 is 0 Å². The van der Waals surface area contributed by atoms with Crippen molar-refractivity contribution < 1.29 is 26.4 Å². The Labute approximate surface area is 152 Å². The summed E-state index contributed by atoms with van der Waals surface area (Å²) in [6.45, 7) is 4.06. The van der Waals surface area contributed by atoms with Crippen molar-refractivity contribution in [3.8, 4) is 0 Å². The first-order chi connectivity index (χ1) is 12.0. The van der Waals surface area contributed by atoms with Crippen LogP contribution in [0.5, 0.6) is 0 Å². The Bertz CT molecular complexity index is 924. The summed E-state index contributed by atoms with van der Waals surface area (Å²) in [5.74, 6) is 0. The van der Waals surface area contributed by atoms with Crippen molar-refractivity contribution in [3.05, 3.63) is 35.1 Å². The van der Waals surface area contributed by atoms with Gasteiger partial charge in [-0.25, -0.2) is 18.2 Å². The second-order valence-corrected chi connectivity index (χ2v) is 7.23.